The molecule has 0 aliphatic heterocycles. The van der Waals surface area contributed by atoms with Crippen molar-refractivity contribution in [3.8, 4) is 0 Å². The molecule has 0 atom stereocenters. The number of thiazole rings is 1. The van der Waals surface area contributed by atoms with Crippen LogP contribution >= 0.6 is 34.5 Å². The highest BCUT2D eigenvalue weighted by Crippen LogP contribution is 2.24. The van der Waals surface area contributed by atoms with Gasteiger partial charge >= 0.3 is 5.97 Å². The number of halogens is 2. The normalized spacial score (nSPS) is 10.6. The van der Waals surface area contributed by atoms with Gasteiger partial charge in [0.05, 0.1) is 24.2 Å². The molecule has 0 bridgehead atoms. The molecular formula is C14H13Cl2NO2S. The molecule has 3 nitrogen and oxygen atoms in total. The highest BCUT2D eigenvalue weighted by Gasteiger charge is 2.08. The monoisotopic (exact) mass is 329 g/mol. The summed E-state index contributed by atoms with van der Waals surface area (Å²) >= 11 is 13.6. The van der Waals surface area contributed by atoms with Crippen LogP contribution in [0.3, 0.4) is 0 Å². The second-order valence-electron chi connectivity index (χ2n) is 4.22. The van der Waals surface area contributed by atoms with Crippen molar-refractivity contribution < 1.29 is 9.53 Å². The van der Waals surface area contributed by atoms with Crippen molar-refractivity contribution in [3.63, 3.8) is 0 Å². The molecule has 0 unspecified atom stereocenters. The van der Waals surface area contributed by atoms with Crippen LogP contribution in [-0.4, -0.2) is 18.1 Å². The number of ether oxygens (including phenoxy) is 1. The molecule has 1 aromatic heterocycles. The zero-order valence-corrected chi connectivity index (χ0v) is 13.2. The molecule has 1 aromatic carbocycles. The number of carbonyl (C=O) groups excluding carboxylic acids is 1. The Morgan fingerprint density at radius 2 is 2.20 bits per heavy atom. The zero-order valence-electron chi connectivity index (χ0n) is 10.9. The van der Waals surface area contributed by atoms with Gasteiger partial charge in [0.15, 0.2) is 0 Å². The van der Waals surface area contributed by atoms with Crippen LogP contribution < -0.4 is 0 Å². The lowest BCUT2D eigenvalue weighted by Crippen LogP contribution is -2.02. The van der Waals surface area contributed by atoms with E-state index in [0.717, 1.165) is 16.3 Å². The van der Waals surface area contributed by atoms with Crippen LogP contribution in [0.15, 0.2) is 23.6 Å². The predicted octanol–water partition coefficient (Wildman–Crippen LogP) is 4.15. The first kappa shape index (κ1) is 15.3. The third-order valence-corrected chi connectivity index (χ3v) is 4.25. The van der Waals surface area contributed by atoms with Gasteiger partial charge in [0.2, 0.25) is 0 Å². The van der Waals surface area contributed by atoms with Crippen LogP contribution in [0.1, 0.15) is 22.7 Å². The molecule has 2 aromatic rings. The average Bonchev–Trinajstić information content (AvgIpc) is 2.87. The first-order valence-corrected chi connectivity index (χ1v) is 7.66. The number of hydrogen-bond donors (Lipinski definition) is 0. The summed E-state index contributed by atoms with van der Waals surface area (Å²) in [6, 6.07) is 5.44. The molecule has 0 saturated heterocycles. The van der Waals surface area contributed by atoms with Gasteiger partial charge in [-0.05, 0) is 17.7 Å². The second kappa shape index (κ2) is 7.07. The van der Waals surface area contributed by atoms with E-state index in [0.29, 0.717) is 29.3 Å². The third-order valence-electron chi connectivity index (χ3n) is 2.77. The summed E-state index contributed by atoms with van der Waals surface area (Å²) in [7, 11) is 1.39. The Bertz CT molecular complexity index is 613. The quantitative estimate of drug-likeness (QED) is 0.773. The van der Waals surface area contributed by atoms with E-state index in [2.05, 4.69) is 9.72 Å². The Labute approximate surface area is 131 Å². The lowest BCUT2D eigenvalue weighted by atomic mass is 10.1. The first-order chi connectivity index (χ1) is 9.58. The molecule has 0 spiro atoms. The van der Waals surface area contributed by atoms with E-state index in [9.17, 15) is 4.79 Å². The van der Waals surface area contributed by atoms with E-state index in [1.165, 1.54) is 7.11 Å². The maximum absolute atomic E-state index is 11.1. The van der Waals surface area contributed by atoms with Crippen LogP contribution in [0.5, 0.6) is 0 Å². The number of nitrogens with zero attached hydrogens (tertiary/aromatic N) is 1. The summed E-state index contributed by atoms with van der Waals surface area (Å²) in [5.74, 6) is -0.222. The molecule has 106 valence electrons. The van der Waals surface area contributed by atoms with Crippen LogP contribution in [0.25, 0.3) is 0 Å². The molecule has 1 heterocycles. The van der Waals surface area contributed by atoms with Crippen LogP contribution in [-0.2, 0) is 22.4 Å². The number of aryl methyl sites for hydroxylation is 1. The number of carbonyl (C=O) groups is 1. The molecule has 2 rings (SSSR count). The second-order valence-corrected chi connectivity index (χ2v) is 6.01. The van der Waals surface area contributed by atoms with Crippen molar-refractivity contribution in [1.29, 1.82) is 0 Å². The molecule has 0 N–H and O–H groups in total. The van der Waals surface area contributed by atoms with Crippen LogP contribution in [0.2, 0.25) is 10.0 Å². The number of hydrogen-bond acceptors (Lipinski definition) is 4. The molecule has 0 radical (unpaired) electrons. The molecule has 6 heteroatoms. The molecular weight excluding hydrogens is 317 g/mol. The Morgan fingerprint density at radius 3 is 2.90 bits per heavy atom. The summed E-state index contributed by atoms with van der Waals surface area (Å²) in [5, 5.41) is 4.19. The van der Waals surface area contributed by atoms with Crippen molar-refractivity contribution in [2.24, 2.45) is 0 Å². The fourth-order valence-electron chi connectivity index (χ4n) is 1.71. The maximum atomic E-state index is 11.1. The van der Waals surface area contributed by atoms with E-state index in [4.69, 9.17) is 23.2 Å². The van der Waals surface area contributed by atoms with Gasteiger partial charge in [0, 0.05) is 28.3 Å². The summed E-state index contributed by atoms with van der Waals surface area (Å²) in [6.07, 6.45) is 1.61. The van der Waals surface area contributed by atoms with Crippen molar-refractivity contribution in [2.45, 2.75) is 19.3 Å². The van der Waals surface area contributed by atoms with E-state index in [1.54, 1.807) is 17.4 Å². The molecule has 0 saturated carbocycles. The van der Waals surface area contributed by atoms with Crippen molar-refractivity contribution in [3.05, 3.63) is 49.9 Å². The van der Waals surface area contributed by atoms with Gasteiger partial charge in [0.1, 0.15) is 0 Å². The Balaban J connectivity index is 2.00. The zero-order chi connectivity index (χ0) is 14.5. The number of rotatable bonds is 5. The largest absolute Gasteiger partial charge is 0.469 e. The van der Waals surface area contributed by atoms with E-state index < -0.39 is 0 Å². The minimum Gasteiger partial charge on any atom is -0.469 e. The van der Waals surface area contributed by atoms with Crippen LogP contribution in [0.4, 0.5) is 0 Å². The van der Waals surface area contributed by atoms with Gasteiger partial charge in [-0.1, -0.05) is 29.3 Å². The summed E-state index contributed by atoms with van der Waals surface area (Å²) in [4.78, 5) is 15.6. The highest BCUT2D eigenvalue weighted by molar-refractivity contribution is 7.09. The Hall–Kier alpha value is -1.10. The van der Waals surface area contributed by atoms with E-state index in [1.807, 2.05) is 17.5 Å². The van der Waals surface area contributed by atoms with Gasteiger partial charge < -0.3 is 4.74 Å². The summed E-state index contributed by atoms with van der Waals surface area (Å²) in [6.45, 7) is 0. The minimum absolute atomic E-state index is 0.222. The highest BCUT2D eigenvalue weighted by atomic mass is 35.5. The fraction of sp³-hybridized carbons (Fsp3) is 0.286. The van der Waals surface area contributed by atoms with Gasteiger partial charge in [-0.3, -0.25) is 4.79 Å². The molecule has 20 heavy (non-hydrogen) atoms. The molecule has 0 amide bonds. The average molecular weight is 330 g/mol. The fourth-order valence-corrected chi connectivity index (χ4v) is 3.03. The van der Waals surface area contributed by atoms with Gasteiger partial charge in [0.25, 0.3) is 0 Å². The minimum atomic E-state index is -0.222. The Kier molecular flexibility index (Phi) is 5.40. The van der Waals surface area contributed by atoms with E-state index >= 15 is 0 Å². The number of benzene rings is 1. The van der Waals surface area contributed by atoms with Gasteiger partial charge in [-0.15, -0.1) is 11.3 Å². The standard InChI is InChI=1S/C14H13Cl2NO2S/c1-19-14(18)5-4-11-8-20-13(17-11)6-9-2-3-10(15)7-12(9)16/h2-3,7-8H,4-6H2,1H3. The molecule has 0 fully saturated rings. The Morgan fingerprint density at radius 1 is 1.40 bits per heavy atom. The SMILES string of the molecule is COC(=O)CCc1csc(Cc2ccc(Cl)cc2Cl)n1. The van der Waals surface area contributed by atoms with Gasteiger partial charge in [-0.25, -0.2) is 4.98 Å². The number of methoxy groups -OCH3 is 1. The lowest BCUT2D eigenvalue weighted by molar-refractivity contribution is -0.140. The maximum Gasteiger partial charge on any atom is 0.305 e. The first-order valence-electron chi connectivity index (χ1n) is 6.02. The summed E-state index contributed by atoms with van der Waals surface area (Å²) < 4.78 is 4.61. The third kappa shape index (κ3) is 4.20. The van der Waals surface area contributed by atoms with Crippen molar-refractivity contribution in [1.82, 2.24) is 4.98 Å². The van der Waals surface area contributed by atoms with Crippen LogP contribution in [0, 0.1) is 0 Å². The number of aromatic nitrogens is 1. The summed E-state index contributed by atoms with van der Waals surface area (Å²) in [5.41, 5.74) is 1.89. The van der Waals surface area contributed by atoms with E-state index in [-0.39, 0.29) is 5.97 Å². The predicted molar refractivity (Wildman–Crippen MR) is 81.7 cm³/mol. The van der Waals surface area contributed by atoms with Gasteiger partial charge in [-0.2, -0.15) is 0 Å². The lowest BCUT2D eigenvalue weighted by Gasteiger charge is -2.02. The number of esters is 1. The smallest absolute Gasteiger partial charge is 0.305 e. The van der Waals surface area contributed by atoms with Crippen molar-refractivity contribution in [2.75, 3.05) is 7.11 Å². The topological polar surface area (TPSA) is 39.2 Å². The molecule has 0 aliphatic carbocycles. The molecule has 0 aliphatic rings. The van der Waals surface area contributed by atoms with Crippen molar-refractivity contribution >= 4 is 40.5 Å².